The second-order valence-corrected chi connectivity index (χ2v) is 3.71. The van der Waals surface area contributed by atoms with Crippen LogP contribution in [0.25, 0.3) is 0 Å². The Morgan fingerprint density at radius 2 is 1.70 bits per heavy atom. The minimum Gasteiger partial charge on any atom is -0.455 e. The quantitative estimate of drug-likeness (QED) is 0.369. The monoisotopic (exact) mass is 324 g/mol. The zero-order valence-corrected chi connectivity index (χ0v) is 9.75. The Balaban J connectivity index is 3.15. The Bertz CT molecular complexity index is 504. The third-order valence-corrected chi connectivity index (χ3v) is 1.99. The number of alkyl halides is 6. The molecule has 0 aromatic carbocycles. The molecule has 20 heavy (non-hydrogen) atoms. The number of ether oxygens (including phenoxy) is 1. The van der Waals surface area contributed by atoms with Crippen LogP contribution in [0.1, 0.15) is 0 Å². The van der Waals surface area contributed by atoms with Crippen LogP contribution in [-0.2, 0) is 0 Å². The Morgan fingerprint density at radius 1 is 1.20 bits per heavy atom. The minimum absolute atomic E-state index is 0.302. The van der Waals surface area contributed by atoms with Crippen molar-refractivity contribution in [2.24, 2.45) is 0 Å². The predicted molar refractivity (Wildman–Crippen MR) is 52.4 cm³/mol. The normalized spacial score (nSPS) is 12.6. The standard InChI is InChI=1S/C8H3ClF6N2O3/c9-4-1-3(17(18)19)2-5(16-4)20-6(7(10,11)12)8(13,14)15/h1-2,6H. The lowest BCUT2D eigenvalue weighted by atomic mass is 10.3. The van der Waals surface area contributed by atoms with E-state index in [1.165, 1.54) is 0 Å². The highest BCUT2D eigenvalue weighted by Crippen LogP contribution is 2.36. The number of hydrogen-bond acceptors (Lipinski definition) is 4. The average molecular weight is 325 g/mol. The van der Waals surface area contributed by atoms with Crippen LogP contribution in [-0.4, -0.2) is 28.4 Å². The smallest absolute Gasteiger partial charge is 0.434 e. The van der Waals surface area contributed by atoms with E-state index in [0.29, 0.717) is 12.1 Å². The van der Waals surface area contributed by atoms with Gasteiger partial charge >= 0.3 is 12.4 Å². The van der Waals surface area contributed by atoms with E-state index in [1.54, 1.807) is 0 Å². The van der Waals surface area contributed by atoms with Crippen molar-refractivity contribution in [3.05, 3.63) is 27.4 Å². The van der Waals surface area contributed by atoms with Gasteiger partial charge in [0.25, 0.3) is 11.8 Å². The minimum atomic E-state index is -5.77. The summed E-state index contributed by atoms with van der Waals surface area (Å²) in [7, 11) is 0. The van der Waals surface area contributed by atoms with E-state index in [4.69, 9.17) is 11.6 Å². The van der Waals surface area contributed by atoms with Crippen LogP contribution in [0.5, 0.6) is 5.88 Å². The highest BCUT2D eigenvalue weighted by molar-refractivity contribution is 6.29. The van der Waals surface area contributed by atoms with Gasteiger partial charge in [-0.05, 0) is 0 Å². The molecule has 1 rings (SSSR count). The molecule has 0 fully saturated rings. The molecule has 0 bridgehead atoms. The first-order chi connectivity index (χ1) is 8.91. The third-order valence-electron chi connectivity index (χ3n) is 1.80. The number of nitro groups is 1. The van der Waals surface area contributed by atoms with E-state index in [0.717, 1.165) is 0 Å². The lowest BCUT2D eigenvalue weighted by Gasteiger charge is -2.23. The molecule has 0 aliphatic rings. The molecule has 0 N–H and O–H groups in total. The van der Waals surface area contributed by atoms with Gasteiger partial charge < -0.3 is 4.74 Å². The first kappa shape index (κ1) is 16.3. The second-order valence-electron chi connectivity index (χ2n) is 3.32. The van der Waals surface area contributed by atoms with Crippen LogP contribution in [0.4, 0.5) is 32.0 Å². The molecule has 0 amide bonds. The van der Waals surface area contributed by atoms with Crippen LogP contribution in [0.3, 0.4) is 0 Å². The van der Waals surface area contributed by atoms with Crippen molar-refractivity contribution in [3.8, 4) is 5.88 Å². The summed E-state index contributed by atoms with van der Waals surface area (Å²) in [5.41, 5.74) is -0.858. The van der Waals surface area contributed by atoms with Crippen molar-refractivity contribution in [2.75, 3.05) is 0 Å². The van der Waals surface area contributed by atoms with Gasteiger partial charge in [0, 0.05) is 0 Å². The molecule has 0 aliphatic heterocycles. The first-order valence-corrected chi connectivity index (χ1v) is 4.91. The first-order valence-electron chi connectivity index (χ1n) is 4.53. The van der Waals surface area contributed by atoms with Gasteiger partial charge in [0.2, 0.25) is 5.88 Å². The number of rotatable bonds is 3. The average Bonchev–Trinajstić information content (AvgIpc) is 2.22. The summed E-state index contributed by atoms with van der Waals surface area (Å²) in [4.78, 5) is 12.4. The molecule has 0 atom stereocenters. The molecule has 0 saturated carbocycles. The van der Waals surface area contributed by atoms with Gasteiger partial charge in [0.1, 0.15) is 5.15 Å². The van der Waals surface area contributed by atoms with Crippen LogP contribution < -0.4 is 4.74 Å². The largest absolute Gasteiger partial charge is 0.455 e. The summed E-state index contributed by atoms with van der Waals surface area (Å²) >= 11 is 5.25. The fourth-order valence-electron chi connectivity index (χ4n) is 1.07. The van der Waals surface area contributed by atoms with Crippen LogP contribution in [0.15, 0.2) is 12.1 Å². The number of halogens is 7. The third kappa shape index (κ3) is 4.11. The Labute approximate surface area is 111 Å². The van der Waals surface area contributed by atoms with E-state index in [1.807, 2.05) is 0 Å². The highest BCUT2D eigenvalue weighted by atomic mass is 35.5. The molecule has 112 valence electrons. The summed E-state index contributed by atoms with van der Waals surface area (Å²) in [6.45, 7) is 0. The molecular formula is C8H3ClF6N2O3. The van der Waals surface area contributed by atoms with Crippen LogP contribution >= 0.6 is 11.6 Å². The molecule has 5 nitrogen and oxygen atoms in total. The molecule has 0 radical (unpaired) electrons. The topological polar surface area (TPSA) is 65.3 Å². The lowest BCUT2D eigenvalue weighted by Crippen LogP contribution is -2.46. The molecule has 0 saturated heterocycles. The summed E-state index contributed by atoms with van der Waals surface area (Å²) in [6, 6.07) is 0.945. The van der Waals surface area contributed by atoms with Crippen molar-refractivity contribution in [1.82, 2.24) is 4.98 Å². The second kappa shape index (κ2) is 5.31. The number of aromatic nitrogens is 1. The fraction of sp³-hybridized carbons (Fsp3) is 0.375. The van der Waals surface area contributed by atoms with Crippen LogP contribution in [0.2, 0.25) is 5.15 Å². The van der Waals surface area contributed by atoms with Gasteiger partial charge in [-0.3, -0.25) is 10.1 Å². The molecule has 0 unspecified atom stereocenters. The van der Waals surface area contributed by atoms with Gasteiger partial charge in [0.05, 0.1) is 17.1 Å². The molecule has 1 aromatic heterocycles. The Kier molecular flexibility index (Phi) is 4.32. The summed E-state index contributed by atoms with van der Waals surface area (Å²) in [6.07, 6.45) is -15.7. The fourth-order valence-corrected chi connectivity index (χ4v) is 1.26. The molecule has 0 spiro atoms. The number of pyridine rings is 1. The SMILES string of the molecule is O=[N+]([O-])c1cc(Cl)nc(OC(C(F)(F)F)C(F)(F)F)c1. The van der Waals surface area contributed by atoms with Gasteiger partial charge in [-0.2, -0.15) is 26.3 Å². The molecule has 0 aliphatic carbocycles. The van der Waals surface area contributed by atoms with Crippen molar-refractivity contribution in [1.29, 1.82) is 0 Å². The maximum Gasteiger partial charge on any atom is 0.434 e. The van der Waals surface area contributed by atoms with Crippen molar-refractivity contribution < 1.29 is 36.0 Å². The van der Waals surface area contributed by atoms with Crippen molar-refractivity contribution >= 4 is 17.3 Å². The maximum absolute atomic E-state index is 12.2. The highest BCUT2D eigenvalue weighted by Gasteiger charge is 2.59. The van der Waals surface area contributed by atoms with Gasteiger partial charge in [-0.15, -0.1) is 0 Å². The maximum atomic E-state index is 12.2. The summed E-state index contributed by atoms with van der Waals surface area (Å²) < 4.78 is 77.0. The molecule has 1 aromatic rings. The molecule has 12 heteroatoms. The van der Waals surface area contributed by atoms with E-state index in [9.17, 15) is 36.5 Å². The van der Waals surface area contributed by atoms with E-state index in [-0.39, 0.29) is 0 Å². The zero-order valence-electron chi connectivity index (χ0n) is 9.00. The Hall–Kier alpha value is -1.78. The van der Waals surface area contributed by atoms with Gasteiger partial charge in [-0.1, -0.05) is 11.6 Å². The van der Waals surface area contributed by atoms with Gasteiger partial charge in [-0.25, -0.2) is 4.98 Å². The predicted octanol–water partition coefficient (Wildman–Crippen LogP) is 3.52. The lowest BCUT2D eigenvalue weighted by molar-refractivity contribution is -0.385. The van der Waals surface area contributed by atoms with E-state index < -0.39 is 40.1 Å². The molecular weight excluding hydrogens is 322 g/mol. The van der Waals surface area contributed by atoms with Gasteiger partial charge in [0.15, 0.2) is 0 Å². The zero-order chi connectivity index (χ0) is 15.7. The summed E-state index contributed by atoms with van der Waals surface area (Å²) in [5.74, 6) is -1.26. The van der Waals surface area contributed by atoms with Crippen molar-refractivity contribution in [2.45, 2.75) is 18.5 Å². The number of hydrogen-bond donors (Lipinski definition) is 0. The van der Waals surface area contributed by atoms with Crippen molar-refractivity contribution in [3.63, 3.8) is 0 Å². The Morgan fingerprint density at radius 3 is 2.10 bits per heavy atom. The van der Waals surface area contributed by atoms with E-state index >= 15 is 0 Å². The summed E-state index contributed by atoms with van der Waals surface area (Å²) in [5, 5.41) is 9.72. The number of nitrogens with zero attached hydrogens (tertiary/aromatic N) is 2. The van der Waals surface area contributed by atoms with E-state index in [2.05, 4.69) is 9.72 Å². The van der Waals surface area contributed by atoms with Crippen LogP contribution in [0, 0.1) is 10.1 Å². The molecule has 1 heterocycles.